The van der Waals surface area contributed by atoms with Crippen molar-refractivity contribution in [2.24, 2.45) is 0 Å². The van der Waals surface area contributed by atoms with Gasteiger partial charge in [0.15, 0.2) is 0 Å². The summed E-state index contributed by atoms with van der Waals surface area (Å²) in [7, 11) is 0. The molecular weight excluding hydrogens is 230 g/mol. The molecule has 106 valence electrons. The number of ether oxygens (including phenoxy) is 1. The van der Waals surface area contributed by atoms with Crippen LogP contribution in [0.15, 0.2) is 0 Å². The maximum atomic E-state index is 12.0. The fourth-order valence-electron chi connectivity index (χ4n) is 1.56. The minimum atomic E-state index is -0.575. The molecule has 4 heteroatoms. The Kier molecular flexibility index (Phi) is 6.96. The number of rotatable bonds is 5. The zero-order chi connectivity index (χ0) is 14.3. The summed E-state index contributed by atoms with van der Waals surface area (Å²) in [6.45, 7) is 11.1. The van der Waals surface area contributed by atoms with Crippen LogP contribution in [-0.2, 0) is 9.53 Å². The SMILES string of the molecule is CCCCCC(=O)N(C(=O)OC(C)(C)C)C(C)C. The van der Waals surface area contributed by atoms with Crippen molar-refractivity contribution >= 4 is 12.0 Å². The van der Waals surface area contributed by atoms with Gasteiger partial charge < -0.3 is 4.74 Å². The average molecular weight is 257 g/mol. The first-order valence-electron chi connectivity index (χ1n) is 6.74. The van der Waals surface area contributed by atoms with Crippen LogP contribution in [-0.4, -0.2) is 28.5 Å². The highest BCUT2D eigenvalue weighted by Crippen LogP contribution is 2.14. The Balaban J connectivity index is 4.55. The van der Waals surface area contributed by atoms with Gasteiger partial charge in [-0.05, 0) is 41.0 Å². The summed E-state index contributed by atoms with van der Waals surface area (Å²) >= 11 is 0. The maximum absolute atomic E-state index is 12.0. The van der Waals surface area contributed by atoms with E-state index in [1.54, 1.807) is 20.8 Å². The second-order valence-electron chi connectivity index (χ2n) is 5.79. The molecule has 0 aromatic rings. The number of amides is 2. The predicted molar refractivity (Wildman–Crippen MR) is 72.4 cm³/mol. The summed E-state index contributed by atoms with van der Waals surface area (Å²) in [5, 5.41) is 0. The van der Waals surface area contributed by atoms with Gasteiger partial charge in [0.25, 0.3) is 0 Å². The third-order valence-electron chi connectivity index (χ3n) is 2.37. The van der Waals surface area contributed by atoms with Crippen molar-refractivity contribution in [1.82, 2.24) is 4.90 Å². The standard InChI is InChI=1S/C14H27NO3/c1-7-8-9-10-12(16)15(11(2)3)13(17)18-14(4,5)6/h11H,7-10H2,1-6H3. The van der Waals surface area contributed by atoms with E-state index in [-0.39, 0.29) is 11.9 Å². The third kappa shape index (κ3) is 6.62. The number of hydrogen-bond donors (Lipinski definition) is 0. The largest absolute Gasteiger partial charge is 0.443 e. The molecule has 0 unspecified atom stereocenters. The molecule has 0 rings (SSSR count). The molecule has 0 radical (unpaired) electrons. The molecule has 0 bridgehead atoms. The molecule has 0 aliphatic rings. The van der Waals surface area contributed by atoms with E-state index in [0.29, 0.717) is 6.42 Å². The molecule has 0 aliphatic heterocycles. The molecule has 0 heterocycles. The molecule has 0 atom stereocenters. The molecule has 0 fully saturated rings. The summed E-state index contributed by atoms with van der Waals surface area (Å²) in [5.41, 5.74) is -0.575. The van der Waals surface area contributed by atoms with Crippen molar-refractivity contribution in [3.8, 4) is 0 Å². The van der Waals surface area contributed by atoms with E-state index in [9.17, 15) is 9.59 Å². The van der Waals surface area contributed by atoms with Crippen molar-refractivity contribution in [2.45, 2.75) is 78.9 Å². The molecule has 0 aliphatic carbocycles. The van der Waals surface area contributed by atoms with Gasteiger partial charge >= 0.3 is 6.09 Å². The normalized spacial score (nSPS) is 11.5. The van der Waals surface area contributed by atoms with E-state index in [0.717, 1.165) is 19.3 Å². The smallest absolute Gasteiger partial charge is 0.417 e. The minimum Gasteiger partial charge on any atom is -0.443 e. The fourth-order valence-corrected chi connectivity index (χ4v) is 1.56. The number of nitrogens with zero attached hydrogens (tertiary/aromatic N) is 1. The Morgan fingerprint density at radius 1 is 1.17 bits per heavy atom. The van der Waals surface area contributed by atoms with Crippen molar-refractivity contribution in [3.05, 3.63) is 0 Å². The summed E-state index contributed by atoms with van der Waals surface area (Å²) < 4.78 is 5.25. The van der Waals surface area contributed by atoms with E-state index in [1.807, 2.05) is 13.8 Å². The van der Waals surface area contributed by atoms with Crippen LogP contribution < -0.4 is 0 Å². The van der Waals surface area contributed by atoms with Gasteiger partial charge in [-0.2, -0.15) is 0 Å². The Labute approximate surface area is 111 Å². The van der Waals surface area contributed by atoms with E-state index in [1.165, 1.54) is 4.90 Å². The van der Waals surface area contributed by atoms with E-state index < -0.39 is 11.7 Å². The molecule has 2 amide bonds. The number of carbonyl (C=O) groups is 2. The van der Waals surface area contributed by atoms with Crippen LogP contribution in [0.2, 0.25) is 0 Å². The van der Waals surface area contributed by atoms with Crippen molar-refractivity contribution in [1.29, 1.82) is 0 Å². The van der Waals surface area contributed by atoms with Crippen LogP contribution in [0, 0.1) is 0 Å². The van der Waals surface area contributed by atoms with E-state index >= 15 is 0 Å². The lowest BCUT2D eigenvalue weighted by Crippen LogP contribution is -2.44. The molecule has 0 aromatic heterocycles. The molecule has 0 saturated heterocycles. The van der Waals surface area contributed by atoms with Gasteiger partial charge in [0.1, 0.15) is 5.60 Å². The maximum Gasteiger partial charge on any atom is 0.417 e. The molecule has 18 heavy (non-hydrogen) atoms. The number of unbranched alkanes of at least 4 members (excludes halogenated alkanes) is 2. The van der Waals surface area contributed by atoms with Gasteiger partial charge in [0.05, 0.1) is 0 Å². The van der Waals surface area contributed by atoms with Crippen LogP contribution in [0.5, 0.6) is 0 Å². The first-order valence-corrected chi connectivity index (χ1v) is 6.74. The second kappa shape index (κ2) is 7.39. The zero-order valence-corrected chi connectivity index (χ0v) is 12.6. The monoisotopic (exact) mass is 257 g/mol. The van der Waals surface area contributed by atoms with E-state index in [2.05, 4.69) is 6.92 Å². The average Bonchev–Trinajstić information content (AvgIpc) is 2.14. The lowest BCUT2D eigenvalue weighted by molar-refractivity contribution is -0.132. The lowest BCUT2D eigenvalue weighted by atomic mass is 10.1. The van der Waals surface area contributed by atoms with E-state index in [4.69, 9.17) is 4.74 Å². The van der Waals surface area contributed by atoms with Crippen molar-refractivity contribution < 1.29 is 14.3 Å². The predicted octanol–water partition coefficient (Wildman–Crippen LogP) is 3.74. The topological polar surface area (TPSA) is 46.6 Å². The Bertz CT molecular complexity index is 279. The highest BCUT2D eigenvalue weighted by atomic mass is 16.6. The zero-order valence-electron chi connectivity index (χ0n) is 12.6. The molecule has 0 aromatic carbocycles. The Morgan fingerprint density at radius 3 is 2.11 bits per heavy atom. The molecule has 0 saturated carbocycles. The highest BCUT2D eigenvalue weighted by Gasteiger charge is 2.28. The van der Waals surface area contributed by atoms with Crippen LogP contribution in [0.3, 0.4) is 0 Å². The molecule has 0 N–H and O–H groups in total. The van der Waals surface area contributed by atoms with Gasteiger partial charge in [0.2, 0.25) is 5.91 Å². The van der Waals surface area contributed by atoms with Gasteiger partial charge in [-0.3, -0.25) is 4.79 Å². The number of hydrogen-bond acceptors (Lipinski definition) is 3. The second-order valence-corrected chi connectivity index (χ2v) is 5.79. The Morgan fingerprint density at radius 2 is 1.72 bits per heavy atom. The minimum absolute atomic E-state index is 0.146. The third-order valence-corrected chi connectivity index (χ3v) is 2.37. The fraction of sp³-hybridized carbons (Fsp3) is 0.857. The van der Waals surface area contributed by atoms with Crippen LogP contribution in [0.1, 0.15) is 67.2 Å². The van der Waals surface area contributed by atoms with Gasteiger partial charge in [-0.1, -0.05) is 19.8 Å². The highest BCUT2D eigenvalue weighted by molar-refractivity contribution is 5.92. The van der Waals surface area contributed by atoms with Crippen LogP contribution in [0.25, 0.3) is 0 Å². The van der Waals surface area contributed by atoms with Crippen molar-refractivity contribution in [3.63, 3.8) is 0 Å². The van der Waals surface area contributed by atoms with Crippen molar-refractivity contribution in [2.75, 3.05) is 0 Å². The summed E-state index contributed by atoms with van der Waals surface area (Å²) in [6, 6.07) is -0.172. The molecule has 4 nitrogen and oxygen atoms in total. The molecular formula is C14H27NO3. The van der Waals surface area contributed by atoms with Crippen LogP contribution >= 0.6 is 0 Å². The summed E-state index contributed by atoms with van der Waals surface area (Å²) in [4.78, 5) is 25.2. The molecule has 0 spiro atoms. The van der Waals surface area contributed by atoms with Gasteiger partial charge in [-0.15, -0.1) is 0 Å². The van der Waals surface area contributed by atoms with Gasteiger partial charge in [-0.25, -0.2) is 9.69 Å². The van der Waals surface area contributed by atoms with Crippen LogP contribution in [0.4, 0.5) is 4.79 Å². The lowest BCUT2D eigenvalue weighted by Gasteiger charge is -2.28. The summed E-state index contributed by atoms with van der Waals surface area (Å²) in [6.07, 6.45) is 2.75. The quantitative estimate of drug-likeness (QED) is 0.705. The summed E-state index contributed by atoms with van der Waals surface area (Å²) in [5.74, 6) is -0.146. The first kappa shape index (κ1) is 16.9. The number of imide groups is 1. The first-order chi connectivity index (χ1) is 8.19. The Hall–Kier alpha value is -1.06. The number of carbonyl (C=O) groups excluding carboxylic acids is 2. The van der Waals surface area contributed by atoms with Gasteiger partial charge in [0, 0.05) is 12.5 Å².